The summed E-state index contributed by atoms with van der Waals surface area (Å²) in [5, 5.41) is 14.3. The number of benzene rings is 1. The van der Waals surface area contributed by atoms with E-state index in [1.54, 1.807) is 15.3 Å². The molecule has 1 aromatic carbocycles. The second-order valence-corrected chi connectivity index (χ2v) is 6.69. The number of carboxylic acid groups (broad SMARTS) is 1. The van der Waals surface area contributed by atoms with Crippen LogP contribution >= 0.6 is 0 Å². The molecule has 27 heavy (non-hydrogen) atoms. The van der Waals surface area contributed by atoms with E-state index in [-0.39, 0.29) is 12.3 Å². The molecule has 0 unspecified atom stereocenters. The number of fused-ring (bicyclic) bond motifs is 2. The molecular formula is C20H18N4O3. The SMILES string of the molecule is CC(=O)c1cn(CC(=O)O)c2c(C)cc(-c3ccc4nc(C)nn4c3)cc12. The normalized spacial score (nSPS) is 11.4. The van der Waals surface area contributed by atoms with Gasteiger partial charge in [-0.2, -0.15) is 5.10 Å². The first-order valence-electron chi connectivity index (χ1n) is 8.53. The first-order chi connectivity index (χ1) is 12.8. The number of carboxylic acids is 1. The number of hydrogen-bond acceptors (Lipinski definition) is 4. The molecule has 3 aromatic heterocycles. The molecule has 0 radical (unpaired) electrons. The summed E-state index contributed by atoms with van der Waals surface area (Å²) in [6.07, 6.45) is 3.53. The predicted octanol–water partition coefficient (Wildman–Crippen LogP) is 3.26. The maximum Gasteiger partial charge on any atom is 0.323 e. The standard InChI is InChI=1S/C20H18N4O3/c1-11-6-15(14-4-5-18-21-13(3)22-24(18)8-14)7-16-17(12(2)25)9-23(20(11)16)10-19(26)27/h4-9H,10H2,1-3H3,(H,26,27). The molecule has 4 aromatic rings. The molecular weight excluding hydrogens is 344 g/mol. The lowest BCUT2D eigenvalue weighted by Gasteiger charge is -2.09. The van der Waals surface area contributed by atoms with Crippen molar-refractivity contribution in [3.05, 3.63) is 53.6 Å². The van der Waals surface area contributed by atoms with Gasteiger partial charge in [0.05, 0.1) is 5.52 Å². The van der Waals surface area contributed by atoms with Crippen molar-refractivity contribution in [1.29, 1.82) is 0 Å². The van der Waals surface area contributed by atoms with E-state index < -0.39 is 5.97 Å². The number of carbonyl (C=O) groups excluding carboxylic acids is 1. The molecule has 0 aliphatic carbocycles. The Morgan fingerprint density at radius 3 is 2.59 bits per heavy atom. The van der Waals surface area contributed by atoms with Gasteiger partial charge in [0.25, 0.3) is 0 Å². The van der Waals surface area contributed by atoms with E-state index in [1.165, 1.54) is 6.92 Å². The summed E-state index contributed by atoms with van der Waals surface area (Å²) in [4.78, 5) is 27.6. The highest BCUT2D eigenvalue weighted by Crippen LogP contribution is 2.31. The highest BCUT2D eigenvalue weighted by molar-refractivity contribution is 6.08. The number of carbonyl (C=O) groups is 2. The van der Waals surface area contributed by atoms with Crippen LogP contribution in [0.2, 0.25) is 0 Å². The number of aliphatic carboxylic acids is 1. The maximum absolute atomic E-state index is 12.1. The number of Topliss-reactive ketones (excluding diaryl/α,β-unsaturated/α-hetero) is 1. The molecule has 7 heteroatoms. The fourth-order valence-corrected chi connectivity index (χ4v) is 3.54. The van der Waals surface area contributed by atoms with E-state index in [0.29, 0.717) is 11.4 Å². The third-order valence-corrected chi connectivity index (χ3v) is 4.62. The molecule has 0 aliphatic heterocycles. The summed E-state index contributed by atoms with van der Waals surface area (Å²) in [5.74, 6) is -0.344. The van der Waals surface area contributed by atoms with Crippen LogP contribution in [0.1, 0.15) is 28.7 Å². The average Bonchev–Trinajstić information content (AvgIpc) is 3.13. The monoisotopic (exact) mass is 362 g/mol. The number of aryl methyl sites for hydroxylation is 2. The van der Waals surface area contributed by atoms with Crippen molar-refractivity contribution in [1.82, 2.24) is 19.2 Å². The highest BCUT2D eigenvalue weighted by Gasteiger charge is 2.17. The van der Waals surface area contributed by atoms with E-state index in [0.717, 1.165) is 33.2 Å². The van der Waals surface area contributed by atoms with Crippen molar-refractivity contribution in [2.24, 2.45) is 0 Å². The molecule has 1 N–H and O–H groups in total. The second-order valence-electron chi connectivity index (χ2n) is 6.69. The molecule has 0 bridgehead atoms. The number of rotatable bonds is 4. The van der Waals surface area contributed by atoms with E-state index in [1.807, 2.05) is 44.3 Å². The number of aromatic nitrogens is 4. The molecule has 0 amide bonds. The van der Waals surface area contributed by atoms with Crippen LogP contribution in [0, 0.1) is 13.8 Å². The molecule has 3 heterocycles. The van der Waals surface area contributed by atoms with Gasteiger partial charge in [-0.3, -0.25) is 9.59 Å². The van der Waals surface area contributed by atoms with E-state index in [9.17, 15) is 14.7 Å². The third kappa shape index (κ3) is 2.87. The van der Waals surface area contributed by atoms with Crippen molar-refractivity contribution in [3.63, 3.8) is 0 Å². The lowest BCUT2D eigenvalue weighted by Crippen LogP contribution is -2.08. The number of ketones is 1. The minimum absolute atomic E-state index is 0.0944. The van der Waals surface area contributed by atoms with Gasteiger partial charge in [0.15, 0.2) is 11.4 Å². The number of nitrogens with zero attached hydrogens (tertiary/aromatic N) is 4. The Kier molecular flexibility index (Phi) is 3.80. The number of hydrogen-bond donors (Lipinski definition) is 1. The topological polar surface area (TPSA) is 89.5 Å². The van der Waals surface area contributed by atoms with Crippen LogP contribution < -0.4 is 0 Å². The van der Waals surface area contributed by atoms with Crippen molar-refractivity contribution < 1.29 is 14.7 Å². The lowest BCUT2D eigenvalue weighted by atomic mass is 9.99. The minimum Gasteiger partial charge on any atom is -0.480 e. The van der Waals surface area contributed by atoms with Crippen LogP contribution in [-0.2, 0) is 11.3 Å². The molecule has 136 valence electrons. The van der Waals surface area contributed by atoms with Gasteiger partial charge < -0.3 is 9.67 Å². The zero-order valence-corrected chi connectivity index (χ0v) is 15.2. The van der Waals surface area contributed by atoms with E-state index in [4.69, 9.17) is 0 Å². The van der Waals surface area contributed by atoms with Crippen LogP contribution in [-0.4, -0.2) is 36.0 Å². The Morgan fingerprint density at radius 2 is 1.89 bits per heavy atom. The van der Waals surface area contributed by atoms with Crippen molar-refractivity contribution >= 4 is 28.3 Å². The molecule has 0 fully saturated rings. The van der Waals surface area contributed by atoms with Crippen molar-refractivity contribution in [3.8, 4) is 11.1 Å². The van der Waals surface area contributed by atoms with Gasteiger partial charge in [-0.25, -0.2) is 9.50 Å². The Balaban J connectivity index is 1.95. The summed E-state index contributed by atoms with van der Waals surface area (Å²) in [7, 11) is 0. The molecule has 0 saturated heterocycles. The summed E-state index contributed by atoms with van der Waals surface area (Å²) in [6, 6.07) is 7.79. The lowest BCUT2D eigenvalue weighted by molar-refractivity contribution is -0.137. The summed E-state index contributed by atoms with van der Waals surface area (Å²) < 4.78 is 3.35. The fraction of sp³-hybridized carbons (Fsp3) is 0.200. The summed E-state index contributed by atoms with van der Waals surface area (Å²) in [6.45, 7) is 5.07. The molecule has 7 nitrogen and oxygen atoms in total. The summed E-state index contributed by atoms with van der Waals surface area (Å²) >= 11 is 0. The summed E-state index contributed by atoms with van der Waals surface area (Å²) in [5.41, 5.74) is 4.85. The fourth-order valence-electron chi connectivity index (χ4n) is 3.54. The van der Waals surface area contributed by atoms with Crippen LogP contribution in [0.5, 0.6) is 0 Å². The largest absolute Gasteiger partial charge is 0.480 e. The second kappa shape index (κ2) is 6.05. The van der Waals surface area contributed by atoms with Crippen LogP contribution in [0.15, 0.2) is 36.7 Å². The van der Waals surface area contributed by atoms with Crippen molar-refractivity contribution in [2.75, 3.05) is 0 Å². The van der Waals surface area contributed by atoms with Crippen molar-refractivity contribution in [2.45, 2.75) is 27.3 Å². The Labute approximate surface area is 154 Å². The van der Waals surface area contributed by atoms with Crippen LogP contribution in [0.3, 0.4) is 0 Å². The zero-order valence-electron chi connectivity index (χ0n) is 15.2. The third-order valence-electron chi connectivity index (χ3n) is 4.62. The molecule has 0 aliphatic rings. The first-order valence-corrected chi connectivity index (χ1v) is 8.53. The van der Waals surface area contributed by atoms with Gasteiger partial charge >= 0.3 is 5.97 Å². The van der Waals surface area contributed by atoms with Crippen LogP contribution in [0.25, 0.3) is 27.7 Å². The van der Waals surface area contributed by atoms with Crippen LogP contribution in [0.4, 0.5) is 0 Å². The smallest absolute Gasteiger partial charge is 0.323 e. The predicted molar refractivity (Wildman–Crippen MR) is 101 cm³/mol. The van der Waals surface area contributed by atoms with Gasteiger partial charge in [0.1, 0.15) is 12.4 Å². The average molecular weight is 362 g/mol. The minimum atomic E-state index is -0.947. The van der Waals surface area contributed by atoms with Gasteiger partial charge in [0, 0.05) is 28.9 Å². The Bertz CT molecular complexity index is 1230. The Morgan fingerprint density at radius 1 is 1.11 bits per heavy atom. The van der Waals surface area contributed by atoms with Gasteiger partial charge in [0.2, 0.25) is 0 Å². The van der Waals surface area contributed by atoms with E-state index in [2.05, 4.69) is 10.1 Å². The molecule has 0 atom stereocenters. The first kappa shape index (κ1) is 17.0. The van der Waals surface area contributed by atoms with Gasteiger partial charge in [-0.15, -0.1) is 0 Å². The highest BCUT2D eigenvalue weighted by atomic mass is 16.4. The molecule has 0 saturated carbocycles. The number of pyridine rings is 1. The zero-order chi connectivity index (χ0) is 19.3. The Hall–Kier alpha value is -3.48. The molecule has 4 rings (SSSR count). The van der Waals surface area contributed by atoms with E-state index >= 15 is 0 Å². The molecule has 0 spiro atoms. The maximum atomic E-state index is 12.1. The quantitative estimate of drug-likeness (QED) is 0.563. The van der Waals surface area contributed by atoms with Gasteiger partial charge in [-0.05, 0) is 56.2 Å². The van der Waals surface area contributed by atoms with Gasteiger partial charge in [-0.1, -0.05) is 0 Å².